The molecule has 3 heteroatoms. The Balaban J connectivity index is 2.85. The number of rotatable bonds is 2. The summed E-state index contributed by atoms with van der Waals surface area (Å²) in [6.07, 6.45) is -1.93. The lowest BCUT2D eigenvalue weighted by Crippen LogP contribution is -2.05. The Morgan fingerprint density at radius 1 is 1.55 bits per heavy atom. The van der Waals surface area contributed by atoms with Crippen LogP contribution in [0.5, 0.6) is 0 Å². The monoisotopic (exact) mass is 153 g/mol. The highest BCUT2D eigenvalue weighted by Crippen LogP contribution is 2.15. The largest absolute Gasteiger partial charge is 0.479 e. The molecule has 0 bridgehead atoms. The van der Waals surface area contributed by atoms with Gasteiger partial charge in [-0.1, -0.05) is 24.3 Å². The predicted octanol–water partition coefficient (Wildman–Crippen LogP) is 1.58. The molecular formula is C8H6FO2. The fourth-order valence-electron chi connectivity index (χ4n) is 0.711. The van der Waals surface area contributed by atoms with E-state index in [2.05, 4.69) is 6.07 Å². The van der Waals surface area contributed by atoms with E-state index in [4.69, 9.17) is 5.11 Å². The van der Waals surface area contributed by atoms with Gasteiger partial charge in [-0.15, -0.1) is 0 Å². The molecule has 1 atom stereocenters. The van der Waals surface area contributed by atoms with Gasteiger partial charge in [-0.2, -0.15) is 0 Å². The summed E-state index contributed by atoms with van der Waals surface area (Å²) in [6.45, 7) is 0. The summed E-state index contributed by atoms with van der Waals surface area (Å²) < 4.78 is 12.6. The lowest BCUT2D eigenvalue weighted by molar-refractivity contribution is -0.143. The molecule has 0 aliphatic heterocycles. The first-order valence-corrected chi connectivity index (χ1v) is 3.04. The van der Waals surface area contributed by atoms with Gasteiger partial charge < -0.3 is 5.11 Å². The zero-order chi connectivity index (χ0) is 8.27. The van der Waals surface area contributed by atoms with Crippen molar-refractivity contribution in [3.8, 4) is 0 Å². The predicted molar refractivity (Wildman–Crippen MR) is 36.8 cm³/mol. The number of benzene rings is 1. The summed E-state index contributed by atoms with van der Waals surface area (Å²) in [5.41, 5.74) is 0.149. The topological polar surface area (TPSA) is 37.3 Å². The lowest BCUT2D eigenvalue weighted by Gasteiger charge is -2.00. The summed E-state index contributed by atoms with van der Waals surface area (Å²) in [6, 6.07) is 8.40. The van der Waals surface area contributed by atoms with Crippen molar-refractivity contribution < 1.29 is 14.3 Å². The number of halogens is 1. The normalized spacial score (nSPS) is 12.5. The molecule has 0 aliphatic rings. The van der Waals surface area contributed by atoms with E-state index >= 15 is 0 Å². The SMILES string of the molecule is O=C(O)C(F)c1cc[c]cc1. The molecule has 0 heterocycles. The zero-order valence-corrected chi connectivity index (χ0v) is 5.62. The zero-order valence-electron chi connectivity index (χ0n) is 5.62. The molecule has 0 saturated carbocycles. The third kappa shape index (κ3) is 1.77. The van der Waals surface area contributed by atoms with Gasteiger partial charge in [0.1, 0.15) is 0 Å². The molecule has 1 rings (SSSR count). The molecule has 1 aromatic rings. The second-order valence-corrected chi connectivity index (χ2v) is 2.03. The molecule has 0 saturated heterocycles. The summed E-state index contributed by atoms with van der Waals surface area (Å²) in [5.74, 6) is -1.46. The minimum atomic E-state index is -1.93. The number of carbonyl (C=O) groups is 1. The van der Waals surface area contributed by atoms with Crippen molar-refractivity contribution in [2.75, 3.05) is 0 Å². The van der Waals surface area contributed by atoms with Gasteiger partial charge >= 0.3 is 5.97 Å². The van der Waals surface area contributed by atoms with Crippen LogP contribution in [0.1, 0.15) is 11.7 Å². The van der Waals surface area contributed by atoms with E-state index < -0.39 is 12.1 Å². The third-order valence-electron chi connectivity index (χ3n) is 1.25. The van der Waals surface area contributed by atoms with Gasteiger partial charge in [-0.3, -0.25) is 0 Å². The van der Waals surface area contributed by atoms with Crippen molar-refractivity contribution in [3.05, 3.63) is 35.9 Å². The fourth-order valence-corrected chi connectivity index (χ4v) is 0.711. The number of hydrogen-bond acceptors (Lipinski definition) is 1. The first kappa shape index (κ1) is 7.72. The summed E-state index contributed by atoms with van der Waals surface area (Å²) >= 11 is 0. The van der Waals surface area contributed by atoms with Crippen molar-refractivity contribution in [1.82, 2.24) is 0 Å². The number of hydrogen-bond donors (Lipinski definition) is 1. The molecule has 1 aromatic carbocycles. The second-order valence-electron chi connectivity index (χ2n) is 2.03. The van der Waals surface area contributed by atoms with Crippen LogP contribution in [0, 0.1) is 6.07 Å². The maximum absolute atomic E-state index is 12.6. The minimum absolute atomic E-state index is 0.149. The standard InChI is InChI=1S/C8H6FO2/c9-7(8(10)11)6-4-2-1-3-5-6/h2-5,7H,(H,10,11). The van der Waals surface area contributed by atoms with Crippen molar-refractivity contribution in [1.29, 1.82) is 0 Å². The van der Waals surface area contributed by atoms with E-state index in [1.807, 2.05) is 0 Å². The van der Waals surface area contributed by atoms with Gasteiger partial charge in [0, 0.05) is 0 Å². The third-order valence-corrected chi connectivity index (χ3v) is 1.25. The van der Waals surface area contributed by atoms with Crippen molar-refractivity contribution in [2.45, 2.75) is 6.17 Å². The van der Waals surface area contributed by atoms with Crippen molar-refractivity contribution in [3.63, 3.8) is 0 Å². The Morgan fingerprint density at radius 3 is 2.55 bits per heavy atom. The molecule has 1 unspecified atom stereocenters. The van der Waals surface area contributed by atoms with Crippen molar-refractivity contribution >= 4 is 5.97 Å². The van der Waals surface area contributed by atoms with Gasteiger partial charge in [0.15, 0.2) is 0 Å². The quantitative estimate of drug-likeness (QED) is 0.700. The first-order valence-electron chi connectivity index (χ1n) is 3.04. The smallest absolute Gasteiger partial charge is 0.343 e. The lowest BCUT2D eigenvalue weighted by atomic mass is 10.1. The average Bonchev–Trinajstić information content (AvgIpc) is 2.05. The van der Waals surface area contributed by atoms with Crippen LogP contribution in [0.4, 0.5) is 4.39 Å². The van der Waals surface area contributed by atoms with Gasteiger partial charge in [-0.25, -0.2) is 9.18 Å². The highest BCUT2D eigenvalue weighted by Gasteiger charge is 2.16. The maximum atomic E-state index is 12.6. The molecule has 0 aromatic heterocycles. The Bertz CT molecular complexity index is 246. The molecule has 0 amide bonds. The first-order chi connectivity index (χ1) is 5.22. The van der Waals surface area contributed by atoms with Crippen LogP contribution in [0.15, 0.2) is 24.3 Å². The van der Waals surface area contributed by atoms with E-state index in [0.29, 0.717) is 0 Å². The van der Waals surface area contributed by atoms with E-state index in [1.54, 1.807) is 0 Å². The Labute approximate surface area is 63.3 Å². The van der Waals surface area contributed by atoms with Crippen LogP contribution in [0.25, 0.3) is 0 Å². The van der Waals surface area contributed by atoms with Crippen LogP contribution >= 0.6 is 0 Å². The van der Waals surface area contributed by atoms with Crippen LogP contribution < -0.4 is 0 Å². The van der Waals surface area contributed by atoms with Crippen molar-refractivity contribution in [2.24, 2.45) is 0 Å². The second kappa shape index (κ2) is 3.14. The molecular weight excluding hydrogens is 147 g/mol. The highest BCUT2D eigenvalue weighted by molar-refractivity contribution is 5.74. The van der Waals surface area contributed by atoms with Crippen LogP contribution in [0.2, 0.25) is 0 Å². The molecule has 0 spiro atoms. The average molecular weight is 153 g/mol. The summed E-state index contributed by atoms with van der Waals surface area (Å²) in [5, 5.41) is 8.25. The van der Waals surface area contributed by atoms with Crippen LogP contribution in [0.3, 0.4) is 0 Å². The van der Waals surface area contributed by atoms with Gasteiger partial charge in [0.25, 0.3) is 0 Å². The number of carboxylic acids is 1. The van der Waals surface area contributed by atoms with Crippen LogP contribution in [-0.4, -0.2) is 11.1 Å². The Kier molecular flexibility index (Phi) is 2.21. The van der Waals surface area contributed by atoms with Gasteiger partial charge in [0.2, 0.25) is 6.17 Å². The highest BCUT2D eigenvalue weighted by atomic mass is 19.1. The number of aliphatic carboxylic acids is 1. The minimum Gasteiger partial charge on any atom is -0.479 e. The summed E-state index contributed by atoms with van der Waals surface area (Å²) in [4.78, 5) is 10.1. The molecule has 1 radical (unpaired) electrons. The molecule has 57 valence electrons. The number of alkyl halides is 1. The molecule has 0 aliphatic carbocycles. The van der Waals surface area contributed by atoms with E-state index in [-0.39, 0.29) is 5.56 Å². The van der Waals surface area contributed by atoms with E-state index in [1.165, 1.54) is 24.3 Å². The van der Waals surface area contributed by atoms with Gasteiger partial charge in [0.05, 0.1) is 0 Å². The molecule has 0 fully saturated rings. The fraction of sp³-hybridized carbons (Fsp3) is 0.125. The summed E-state index contributed by atoms with van der Waals surface area (Å²) in [7, 11) is 0. The van der Waals surface area contributed by atoms with Gasteiger partial charge in [-0.05, 0) is 11.6 Å². The molecule has 1 N–H and O–H groups in total. The molecule has 2 nitrogen and oxygen atoms in total. The number of carboxylic acid groups (broad SMARTS) is 1. The Hall–Kier alpha value is -1.38. The van der Waals surface area contributed by atoms with E-state index in [9.17, 15) is 9.18 Å². The van der Waals surface area contributed by atoms with E-state index in [0.717, 1.165) is 0 Å². The van der Waals surface area contributed by atoms with Crippen LogP contribution in [-0.2, 0) is 4.79 Å². The maximum Gasteiger partial charge on any atom is 0.343 e. The molecule has 11 heavy (non-hydrogen) atoms. The Morgan fingerprint density at radius 2 is 2.09 bits per heavy atom.